The maximum absolute atomic E-state index is 12.6. The highest BCUT2D eigenvalue weighted by molar-refractivity contribution is 5.91. The number of fused-ring (bicyclic) bond motifs is 1. The minimum Gasteiger partial charge on any atom is -0.454 e. The number of para-hydroxylation sites is 2. The molecule has 0 bridgehead atoms. The van der Waals surface area contributed by atoms with Crippen molar-refractivity contribution in [1.29, 1.82) is 0 Å². The molecule has 2 aromatic carbocycles. The summed E-state index contributed by atoms with van der Waals surface area (Å²) >= 11 is 0. The van der Waals surface area contributed by atoms with Crippen LogP contribution in [0.1, 0.15) is 5.56 Å². The molecule has 0 atom stereocenters. The Morgan fingerprint density at radius 3 is 2.88 bits per heavy atom. The standard InChI is InChI=1S/C19H18N4O3/c1-22(12-14-7-8-17-18(11-14)26-13-25-17)19(24)21-15-5-2-3-6-16(15)23-10-4-9-20-23/h2-11H,12-13H2,1H3,(H,21,24). The monoisotopic (exact) mass is 350 g/mol. The molecule has 0 aliphatic carbocycles. The van der Waals surface area contributed by atoms with E-state index in [1.54, 1.807) is 22.8 Å². The Kier molecular flexibility index (Phi) is 4.18. The lowest BCUT2D eigenvalue weighted by Crippen LogP contribution is -2.31. The molecule has 7 heteroatoms. The molecule has 3 aromatic rings. The molecule has 0 saturated heterocycles. The van der Waals surface area contributed by atoms with Gasteiger partial charge in [0.2, 0.25) is 6.79 Å². The van der Waals surface area contributed by atoms with Crippen LogP contribution in [-0.4, -0.2) is 34.6 Å². The lowest BCUT2D eigenvalue weighted by atomic mass is 10.2. The predicted octanol–water partition coefficient (Wildman–Crippen LogP) is 3.26. The molecule has 1 aliphatic rings. The zero-order chi connectivity index (χ0) is 17.9. The van der Waals surface area contributed by atoms with Crippen molar-refractivity contribution in [2.75, 3.05) is 19.2 Å². The highest BCUT2D eigenvalue weighted by Gasteiger charge is 2.16. The number of nitrogens with zero attached hydrogens (tertiary/aromatic N) is 3. The Bertz CT molecular complexity index is 924. The predicted molar refractivity (Wildman–Crippen MR) is 96.6 cm³/mol. The van der Waals surface area contributed by atoms with Crippen molar-refractivity contribution < 1.29 is 14.3 Å². The highest BCUT2D eigenvalue weighted by Crippen LogP contribution is 2.32. The average Bonchev–Trinajstić information content (AvgIpc) is 3.33. The second-order valence-corrected chi connectivity index (χ2v) is 5.94. The quantitative estimate of drug-likeness (QED) is 0.784. The van der Waals surface area contributed by atoms with Gasteiger partial charge in [0, 0.05) is 26.0 Å². The fraction of sp³-hybridized carbons (Fsp3) is 0.158. The lowest BCUT2D eigenvalue weighted by Gasteiger charge is -2.19. The van der Waals surface area contributed by atoms with Gasteiger partial charge in [-0.2, -0.15) is 5.10 Å². The summed E-state index contributed by atoms with van der Waals surface area (Å²) in [5, 5.41) is 7.17. The Morgan fingerprint density at radius 2 is 2.04 bits per heavy atom. The third kappa shape index (κ3) is 3.19. The van der Waals surface area contributed by atoms with Crippen LogP contribution in [0.25, 0.3) is 5.69 Å². The van der Waals surface area contributed by atoms with Crippen LogP contribution in [0.3, 0.4) is 0 Å². The molecule has 4 rings (SSSR count). The Morgan fingerprint density at radius 1 is 1.19 bits per heavy atom. The Balaban J connectivity index is 1.47. The van der Waals surface area contributed by atoms with E-state index in [9.17, 15) is 4.79 Å². The molecule has 0 radical (unpaired) electrons. The normalized spacial score (nSPS) is 12.0. The van der Waals surface area contributed by atoms with E-state index in [4.69, 9.17) is 9.47 Å². The van der Waals surface area contributed by atoms with Gasteiger partial charge in [0.1, 0.15) is 0 Å². The van der Waals surface area contributed by atoms with E-state index in [0.29, 0.717) is 18.0 Å². The van der Waals surface area contributed by atoms with E-state index < -0.39 is 0 Å². The summed E-state index contributed by atoms with van der Waals surface area (Å²) in [6.45, 7) is 0.686. The van der Waals surface area contributed by atoms with Gasteiger partial charge >= 0.3 is 6.03 Å². The zero-order valence-electron chi connectivity index (χ0n) is 14.3. The minimum atomic E-state index is -0.206. The maximum Gasteiger partial charge on any atom is 0.321 e. The molecule has 26 heavy (non-hydrogen) atoms. The van der Waals surface area contributed by atoms with Crippen molar-refractivity contribution in [3.05, 3.63) is 66.5 Å². The number of ether oxygens (including phenoxy) is 2. The first kappa shape index (κ1) is 16.0. The van der Waals surface area contributed by atoms with Gasteiger partial charge in [0.15, 0.2) is 11.5 Å². The number of amides is 2. The maximum atomic E-state index is 12.6. The van der Waals surface area contributed by atoms with E-state index in [2.05, 4.69) is 10.4 Å². The molecule has 0 saturated carbocycles. The average molecular weight is 350 g/mol. The summed E-state index contributed by atoms with van der Waals surface area (Å²) in [5.74, 6) is 1.44. The van der Waals surface area contributed by atoms with E-state index in [-0.39, 0.29) is 12.8 Å². The van der Waals surface area contributed by atoms with Gasteiger partial charge < -0.3 is 19.7 Å². The Hall–Kier alpha value is -3.48. The van der Waals surface area contributed by atoms with Crippen LogP contribution in [0.4, 0.5) is 10.5 Å². The fourth-order valence-electron chi connectivity index (χ4n) is 2.79. The number of nitrogens with one attached hydrogen (secondary N) is 1. The number of carbonyl (C=O) groups excluding carboxylic acids is 1. The lowest BCUT2D eigenvalue weighted by molar-refractivity contribution is 0.174. The minimum absolute atomic E-state index is 0.206. The number of carbonyl (C=O) groups is 1. The number of hydrogen-bond acceptors (Lipinski definition) is 4. The third-order valence-electron chi connectivity index (χ3n) is 4.10. The van der Waals surface area contributed by atoms with Gasteiger partial charge in [0.05, 0.1) is 11.4 Å². The number of anilines is 1. The molecule has 2 heterocycles. The van der Waals surface area contributed by atoms with Crippen LogP contribution in [0, 0.1) is 0 Å². The van der Waals surface area contributed by atoms with E-state index in [0.717, 1.165) is 17.0 Å². The summed E-state index contributed by atoms with van der Waals surface area (Å²) < 4.78 is 12.4. The van der Waals surface area contributed by atoms with Crippen LogP contribution < -0.4 is 14.8 Å². The molecular weight excluding hydrogens is 332 g/mol. The first-order valence-electron chi connectivity index (χ1n) is 8.20. The van der Waals surface area contributed by atoms with Crippen molar-refractivity contribution in [2.45, 2.75) is 6.54 Å². The van der Waals surface area contributed by atoms with Crippen molar-refractivity contribution in [3.8, 4) is 17.2 Å². The highest BCUT2D eigenvalue weighted by atomic mass is 16.7. The van der Waals surface area contributed by atoms with E-state index >= 15 is 0 Å². The fourth-order valence-corrected chi connectivity index (χ4v) is 2.79. The number of benzene rings is 2. The molecule has 0 unspecified atom stereocenters. The van der Waals surface area contributed by atoms with Gasteiger partial charge in [-0.3, -0.25) is 0 Å². The smallest absolute Gasteiger partial charge is 0.321 e. The van der Waals surface area contributed by atoms with Crippen LogP contribution >= 0.6 is 0 Å². The number of hydrogen-bond donors (Lipinski definition) is 1. The molecule has 2 amide bonds. The molecule has 1 aliphatic heterocycles. The molecule has 7 nitrogen and oxygen atoms in total. The number of rotatable bonds is 4. The largest absolute Gasteiger partial charge is 0.454 e. The van der Waals surface area contributed by atoms with Crippen LogP contribution in [-0.2, 0) is 6.54 Å². The van der Waals surface area contributed by atoms with Crippen molar-refractivity contribution in [1.82, 2.24) is 14.7 Å². The summed E-state index contributed by atoms with van der Waals surface area (Å²) in [6.07, 6.45) is 3.53. The van der Waals surface area contributed by atoms with Crippen molar-refractivity contribution in [3.63, 3.8) is 0 Å². The molecule has 0 fully saturated rings. The first-order valence-corrected chi connectivity index (χ1v) is 8.20. The molecule has 1 N–H and O–H groups in total. The van der Waals surface area contributed by atoms with Gasteiger partial charge in [-0.1, -0.05) is 18.2 Å². The second kappa shape index (κ2) is 6.79. The summed E-state index contributed by atoms with van der Waals surface area (Å²) in [5.41, 5.74) is 2.47. The van der Waals surface area contributed by atoms with Gasteiger partial charge in [0.25, 0.3) is 0 Å². The summed E-state index contributed by atoms with van der Waals surface area (Å²) in [7, 11) is 1.75. The SMILES string of the molecule is CN(Cc1ccc2c(c1)OCO2)C(=O)Nc1ccccc1-n1cccn1. The van der Waals surface area contributed by atoms with E-state index in [1.807, 2.05) is 54.7 Å². The van der Waals surface area contributed by atoms with Gasteiger partial charge in [-0.05, 0) is 35.9 Å². The van der Waals surface area contributed by atoms with Crippen LogP contribution in [0.15, 0.2) is 60.9 Å². The first-order chi connectivity index (χ1) is 12.7. The number of aromatic nitrogens is 2. The van der Waals surface area contributed by atoms with Gasteiger partial charge in [-0.25, -0.2) is 9.48 Å². The van der Waals surface area contributed by atoms with Gasteiger partial charge in [-0.15, -0.1) is 0 Å². The van der Waals surface area contributed by atoms with Crippen molar-refractivity contribution >= 4 is 11.7 Å². The Labute approximate surface area is 150 Å². The molecule has 132 valence electrons. The molecular formula is C19H18N4O3. The summed E-state index contributed by atoms with van der Waals surface area (Å²) in [6, 6.07) is 14.8. The topological polar surface area (TPSA) is 68.6 Å². The summed E-state index contributed by atoms with van der Waals surface area (Å²) in [4.78, 5) is 14.2. The molecule has 0 spiro atoms. The van der Waals surface area contributed by atoms with Crippen LogP contribution in [0.5, 0.6) is 11.5 Å². The van der Waals surface area contributed by atoms with Crippen molar-refractivity contribution in [2.24, 2.45) is 0 Å². The number of urea groups is 1. The zero-order valence-corrected chi connectivity index (χ0v) is 14.3. The van der Waals surface area contributed by atoms with Crippen LogP contribution in [0.2, 0.25) is 0 Å². The molecule has 1 aromatic heterocycles. The second-order valence-electron chi connectivity index (χ2n) is 5.94. The third-order valence-corrected chi connectivity index (χ3v) is 4.10. The van der Waals surface area contributed by atoms with E-state index in [1.165, 1.54) is 0 Å².